The summed E-state index contributed by atoms with van der Waals surface area (Å²) in [6, 6.07) is 13.0. The van der Waals surface area contributed by atoms with Crippen molar-refractivity contribution in [3.8, 4) is 11.5 Å². The molecule has 3 N–H and O–H groups in total. The zero-order valence-electron chi connectivity index (χ0n) is 19.4. The average Bonchev–Trinajstić information content (AvgIpc) is 3.51. The van der Waals surface area contributed by atoms with Crippen molar-refractivity contribution in [2.24, 2.45) is 17.1 Å². The molecular formula is C26H33N3O4. The molecule has 7 heteroatoms. The maximum atomic E-state index is 13.4. The molecule has 2 aromatic carbocycles. The van der Waals surface area contributed by atoms with Crippen molar-refractivity contribution in [1.29, 1.82) is 0 Å². The van der Waals surface area contributed by atoms with Gasteiger partial charge in [0.05, 0.1) is 0 Å². The molecule has 1 saturated carbocycles. The Morgan fingerprint density at radius 2 is 1.76 bits per heavy atom. The highest BCUT2D eigenvalue weighted by Gasteiger charge is 2.27. The molecule has 1 heterocycles. The lowest BCUT2D eigenvalue weighted by Crippen LogP contribution is -2.41. The van der Waals surface area contributed by atoms with Crippen molar-refractivity contribution < 1.29 is 19.1 Å². The number of benzene rings is 2. The van der Waals surface area contributed by atoms with E-state index in [1.807, 2.05) is 29.2 Å². The number of nitrogens with one attached hydrogen (secondary N) is 1. The van der Waals surface area contributed by atoms with E-state index in [1.165, 1.54) is 0 Å². The van der Waals surface area contributed by atoms with Crippen LogP contribution in [0.5, 0.6) is 11.5 Å². The van der Waals surface area contributed by atoms with E-state index >= 15 is 0 Å². The molecule has 2 aliphatic rings. The maximum absolute atomic E-state index is 13.4. The third-order valence-electron chi connectivity index (χ3n) is 6.40. The van der Waals surface area contributed by atoms with Gasteiger partial charge in [0.2, 0.25) is 12.7 Å². The van der Waals surface area contributed by atoms with Crippen LogP contribution < -0.4 is 20.5 Å². The van der Waals surface area contributed by atoms with Crippen LogP contribution in [-0.2, 0) is 11.3 Å². The van der Waals surface area contributed by atoms with Gasteiger partial charge in [-0.2, -0.15) is 0 Å². The smallest absolute Gasteiger partial charge is 0.254 e. The number of carbonyl (C=O) groups excluding carboxylic acids is 2. The minimum atomic E-state index is -0.235. The maximum Gasteiger partial charge on any atom is 0.254 e. The van der Waals surface area contributed by atoms with Crippen molar-refractivity contribution in [3.05, 3.63) is 53.6 Å². The Labute approximate surface area is 195 Å². The van der Waals surface area contributed by atoms with E-state index in [4.69, 9.17) is 15.2 Å². The Morgan fingerprint density at radius 3 is 2.45 bits per heavy atom. The van der Waals surface area contributed by atoms with Crippen molar-refractivity contribution >= 4 is 17.5 Å². The van der Waals surface area contributed by atoms with Crippen LogP contribution in [0.3, 0.4) is 0 Å². The minimum absolute atomic E-state index is 0.0894. The zero-order chi connectivity index (χ0) is 23.4. The lowest BCUT2D eigenvalue weighted by Gasteiger charge is -2.32. The largest absolute Gasteiger partial charge is 0.454 e. The fraction of sp³-hybridized carbons (Fsp3) is 0.462. The van der Waals surface area contributed by atoms with Gasteiger partial charge in [-0.3, -0.25) is 9.59 Å². The molecule has 0 radical (unpaired) electrons. The Hall–Kier alpha value is -3.06. The molecule has 0 aromatic heterocycles. The Bertz CT molecular complexity index is 997. The SMILES string of the molecule is CC(C)(CN)CN(Cc1ccc(NC(=O)C2CCCC2)cc1)C(=O)c1ccc2c(c1)OCO2. The summed E-state index contributed by atoms with van der Waals surface area (Å²) in [7, 11) is 0. The van der Waals surface area contributed by atoms with Crippen LogP contribution in [0.15, 0.2) is 42.5 Å². The number of ether oxygens (including phenoxy) is 2. The van der Waals surface area contributed by atoms with Crippen LogP contribution in [0.25, 0.3) is 0 Å². The van der Waals surface area contributed by atoms with Gasteiger partial charge in [-0.25, -0.2) is 0 Å². The number of amides is 2. The van der Waals surface area contributed by atoms with Crippen molar-refractivity contribution in [1.82, 2.24) is 4.90 Å². The Balaban J connectivity index is 1.48. The fourth-order valence-electron chi connectivity index (χ4n) is 4.34. The third kappa shape index (κ3) is 5.66. The van der Waals surface area contributed by atoms with Gasteiger partial charge in [0.15, 0.2) is 11.5 Å². The average molecular weight is 452 g/mol. The topological polar surface area (TPSA) is 93.9 Å². The van der Waals surface area contributed by atoms with Gasteiger partial charge in [0.1, 0.15) is 0 Å². The summed E-state index contributed by atoms with van der Waals surface area (Å²) in [5.74, 6) is 1.37. The summed E-state index contributed by atoms with van der Waals surface area (Å²) in [5.41, 5.74) is 8.04. The molecule has 4 rings (SSSR count). The third-order valence-corrected chi connectivity index (χ3v) is 6.40. The van der Waals surface area contributed by atoms with Gasteiger partial charge < -0.3 is 25.4 Å². The molecule has 2 aromatic rings. The van der Waals surface area contributed by atoms with E-state index in [0.717, 1.165) is 36.9 Å². The molecule has 1 aliphatic carbocycles. The summed E-state index contributed by atoms with van der Waals surface area (Å²) in [5, 5.41) is 3.02. The first-order valence-electron chi connectivity index (χ1n) is 11.6. The summed E-state index contributed by atoms with van der Waals surface area (Å²) >= 11 is 0. The Kier molecular flexibility index (Phi) is 6.88. The Morgan fingerprint density at radius 1 is 1.06 bits per heavy atom. The molecule has 7 nitrogen and oxygen atoms in total. The molecule has 33 heavy (non-hydrogen) atoms. The van der Waals surface area contributed by atoms with Crippen LogP contribution in [0.4, 0.5) is 5.69 Å². The van der Waals surface area contributed by atoms with Gasteiger partial charge in [0, 0.05) is 30.3 Å². The normalized spacial score (nSPS) is 15.5. The van der Waals surface area contributed by atoms with Crippen LogP contribution in [-0.4, -0.2) is 36.6 Å². The molecule has 0 unspecified atom stereocenters. The number of nitrogens with zero attached hydrogens (tertiary/aromatic N) is 1. The summed E-state index contributed by atoms with van der Waals surface area (Å²) in [6.07, 6.45) is 4.20. The number of fused-ring (bicyclic) bond motifs is 1. The van der Waals surface area contributed by atoms with E-state index < -0.39 is 0 Å². The second-order valence-electron chi connectivity index (χ2n) is 9.77. The molecule has 1 fully saturated rings. The summed E-state index contributed by atoms with van der Waals surface area (Å²) < 4.78 is 10.8. The van der Waals surface area contributed by atoms with Gasteiger partial charge in [-0.05, 0) is 60.7 Å². The number of hydrogen-bond donors (Lipinski definition) is 2. The number of rotatable bonds is 8. The van der Waals surface area contributed by atoms with Gasteiger partial charge >= 0.3 is 0 Å². The predicted octanol–water partition coefficient (Wildman–Crippen LogP) is 4.17. The van der Waals surface area contributed by atoms with Gasteiger partial charge in [0.25, 0.3) is 5.91 Å². The number of hydrogen-bond acceptors (Lipinski definition) is 5. The van der Waals surface area contributed by atoms with Crippen molar-refractivity contribution in [3.63, 3.8) is 0 Å². The van der Waals surface area contributed by atoms with Crippen LogP contribution in [0.1, 0.15) is 55.5 Å². The lowest BCUT2D eigenvalue weighted by molar-refractivity contribution is -0.119. The van der Waals surface area contributed by atoms with E-state index in [2.05, 4.69) is 19.2 Å². The van der Waals surface area contributed by atoms with Crippen LogP contribution >= 0.6 is 0 Å². The molecule has 0 saturated heterocycles. The van der Waals surface area contributed by atoms with E-state index in [1.54, 1.807) is 18.2 Å². The second-order valence-corrected chi connectivity index (χ2v) is 9.77. The number of nitrogens with two attached hydrogens (primary N) is 1. The van der Waals surface area contributed by atoms with Gasteiger partial charge in [-0.1, -0.05) is 38.8 Å². The summed E-state index contributed by atoms with van der Waals surface area (Å²) in [4.78, 5) is 27.6. The second kappa shape index (κ2) is 9.83. The molecule has 0 atom stereocenters. The molecule has 0 bridgehead atoms. The fourth-order valence-corrected chi connectivity index (χ4v) is 4.34. The monoisotopic (exact) mass is 451 g/mol. The molecular weight excluding hydrogens is 418 g/mol. The van der Waals surface area contributed by atoms with E-state index in [0.29, 0.717) is 36.7 Å². The standard InChI is InChI=1S/C26H33N3O4/c1-26(2,15-27)16-29(25(31)20-9-12-22-23(13-20)33-17-32-22)14-18-7-10-21(11-8-18)28-24(30)19-5-3-4-6-19/h7-13,19H,3-6,14-17,27H2,1-2H3,(H,28,30). The predicted molar refractivity (Wildman–Crippen MR) is 127 cm³/mol. The summed E-state index contributed by atoms with van der Waals surface area (Å²) in [6.45, 7) is 5.68. The van der Waals surface area contributed by atoms with E-state index in [9.17, 15) is 9.59 Å². The first-order chi connectivity index (χ1) is 15.8. The molecule has 176 valence electrons. The highest BCUT2D eigenvalue weighted by Crippen LogP contribution is 2.33. The van der Waals surface area contributed by atoms with Crippen LogP contribution in [0, 0.1) is 11.3 Å². The molecule has 0 spiro atoms. The quantitative estimate of drug-likeness (QED) is 0.628. The molecule has 1 aliphatic heterocycles. The van der Waals surface area contributed by atoms with Crippen molar-refractivity contribution in [2.75, 3.05) is 25.2 Å². The zero-order valence-corrected chi connectivity index (χ0v) is 19.4. The number of anilines is 1. The highest BCUT2D eigenvalue weighted by molar-refractivity contribution is 5.95. The molecule has 2 amide bonds. The van der Waals surface area contributed by atoms with E-state index in [-0.39, 0.29) is 29.9 Å². The highest BCUT2D eigenvalue weighted by atomic mass is 16.7. The number of carbonyl (C=O) groups is 2. The van der Waals surface area contributed by atoms with Gasteiger partial charge in [-0.15, -0.1) is 0 Å². The van der Waals surface area contributed by atoms with Crippen molar-refractivity contribution in [2.45, 2.75) is 46.1 Å². The lowest BCUT2D eigenvalue weighted by atomic mass is 9.92. The first kappa shape index (κ1) is 23.1. The van der Waals surface area contributed by atoms with Crippen LogP contribution in [0.2, 0.25) is 0 Å². The minimum Gasteiger partial charge on any atom is -0.454 e. The first-order valence-corrected chi connectivity index (χ1v) is 11.6.